The van der Waals surface area contributed by atoms with E-state index in [2.05, 4.69) is 5.32 Å². The molecule has 0 aliphatic rings. The van der Waals surface area contributed by atoms with Gasteiger partial charge in [0.2, 0.25) is 5.43 Å². The Kier molecular flexibility index (Phi) is 5.77. The quantitative estimate of drug-likeness (QED) is 0.705. The topological polar surface area (TPSA) is 68.2 Å². The van der Waals surface area contributed by atoms with Crippen molar-refractivity contribution in [1.29, 1.82) is 0 Å². The van der Waals surface area contributed by atoms with Crippen molar-refractivity contribution in [3.8, 4) is 0 Å². The van der Waals surface area contributed by atoms with E-state index >= 15 is 0 Å². The molecule has 5 nitrogen and oxygen atoms in total. The highest BCUT2D eigenvalue weighted by Gasteiger charge is 2.16. The SMILES string of the molecule is CCn1cc(C(=O)Nc2cccc(C[S@@](C)=O)c2)c(=O)c2cc(Cl)ccc21. The molecule has 140 valence electrons. The van der Waals surface area contributed by atoms with E-state index in [4.69, 9.17) is 11.6 Å². The molecule has 1 heterocycles. The summed E-state index contributed by atoms with van der Waals surface area (Å²) in [6.45, 7) is 2.55. The smallest absolute Gasteiger partial charge is 0.261 e. The number of hydrogen-bond acceptors (Lipinski definition) is 3. The third-order valence-corrected chi connectivity index (χ3v) is 5.16. The second-order valence-corrected chi connectivity index (χ2v) is 8.06. The Morgan fingerprint density at radius 2 is 2.00 bits per heavy atom. The van der Waals surface area contributed by atoms with Gasteiger partial charge in [-0.05, 0) is 42.8 Å². The number of nitrogens with one attached hydrogen (secondary N) is 1. The fraction of sp³-hybridized carbons (Fsp3) is 0.200. The minimum atomic E-state index is -0.978. The van der Waals surface area contributed by atoms with Gasteiger partial charge in [0.15, 0.2) is 0 Å². The maximum absolute atomic E-state index is 12.8. The zero-order chi connectivity index (χ0) is 19.6. The summed E-state index contributed by atoms with van der Waals surface area (Å²) < 4.78 is 13.3. The van der Waals surface area contributed by atoms with Gasteiger partial charge in [0.25, 0.3) is 5.91 Å². The lowest BCUT2D eigenvalue weighted by molar-refractivity contribution is 0.102. The van der Waals surface area contributed by atoms with Gasteiger partial charge in [-0.1, -0.05) is 23.7 Å². The van der Waals surface area contributed by atoms with Gasteiger partial charge >= 0.3 is 0 Å². The average Bonchev–Trinajstić information content (AvgIpc) is 2.62. The Hall–Kier alpha value is -2.44. The highest BCUT2D eigenvalue weighted by molar-refractivity contribution is 7.83. The number of aromatic nitrogens is 1. The average molecular weight is 403 g/mol. The summed E-state index contributed by atoms with van der Waals surface area (Å²) in [6, 6.07) is 12.2. The predicted octanol–water partition coefficient (Wildman–Crippen LogP) is 3.81. The van der Waals surface area contributed by atoms with Crippen LogP contribution in [0.2, 0.25) is 5.02 Å². The number of carbonyl (C=O) groups is 1. The van der Waals surface area contributed by atoms with E-state index in [0.717, 1.165) is 11.1 Å². The van der Waals surface area contributed by atoms with Crippen LogP contribution >= 0.6 is 11.6 Å². The first-order valence-electron chi connectivity index (χ1n) is 8.42. The third kappa shape index (κ3) is 4.28. The molecule has 0 bridgehead atoms. The molecule has 7 heteroatoms. The van der Waals surface area contributed by atoms with Gasteiger partial charge < -0.3 is 9.88 Å². The zero-order valence-corrected chi connectivity index (χ0v) is 16.6. The number of benzene rings is 2. The van der Waals surface area contributed by atoms with Crippen molar-refractivity contribution in [2.24, 2.45) is 0 Å². The summed E-state index contributed by atoms with van der Waals surface area (Å²) in [5, 5.41) is 3.61. The van der Waals surface area contributed by atoms with Crippen LogP contribution in [0.25, 0.3) is 10.9 Å². The Morgan fingerprint density at radius 3 is 2.70 bits per heavy atom. The Bertz CT molecular complexity index is 1110. The van der Waals surface area contributed by atoms with Crippen LogP contribution in [0.1, 0.15) is 22.8 Å². The number of carbonyl (C=O) groups excluding carboxylic acids is 1. The van der Waals surface area contributed by atoms with Crippen LogP contribution in [0.3, 0.4) is 0 Å². The van der Waals surface area contributed by atoms with Crippen LogP contribution < -0.4 is 10.7 Å². The van der Waals surface area contributed by atoms with Crippen molar-refractivity contribution >= 4 is 44.9 Å². The number of hydrogen-bond donors (Lipinski definition) is 1. The molecule has 1 aromatic heterocycles. The van der Waals surface area contributed by atoms with Gasteiger partial charge in [0, 0.05) is 51.6 Å². The number of aryl methyl sites for hydroxylation is 1. The van der Waals surface area contributed by atoms with Gasteiger partial charge in [-0.15, -0.1) is 0 Å². The second kappa shape index (κ2) is 8.06. The summed E-state index contributed by atoms with van der Waals surface area (Å²) in [5.74, 6) is -0.0836. The molecule has 3 rings (SSSR count). The van der Waals surface area contributed by atoms with Crippen LogP contribution in [0.15, 0.2) is 53.5 Å². The first-order valence-corrected chi connectivity index (χ1v) is 10.5. The van der Waals surface area contributed by atoms with Crippen molar-refractivity contribution < 1.29 is 9.00 Å². The van der Waals surface area contributed by atoms with Gasteiger partial charge in [-0.3, -0.25) is 13.8 Å². The Balaban J connectivity index is 2.00. The van der Waals surface area contributed by atoms with Crippen LogP contribution in [0.4, 0.5) is 5.69 Å². The molecule has 0 aliphatic heterocycles. The number of halogens is 1. The summed E-state index contributed by atoms with van der Waals surface area (Å²) in [7, 11) is -0.978. The second-order valence-electron chi connectivity index (χ2n) is 6.19. The molecule has 1 amide bonds. The lowest BCUT2D eigenvalue weighted by atomic mass is 10.1. The molecule has 0 radical (unpaired) electrons. The van der Waals surface area contributed by atoms with Crippen LogP contribution in [-0.4, -0.2) is 20.9 Å². The molecule has 1 atom stereocenters. The van der Waals surface area contributed by atoms with E-state index in [0.29, 0.717) is 28.4 Å². The van der Waals surface area contributed by atoms with E-state index in [1.807, 2.05) is 17.6 Å². The minimum Gasteiger partial charge on any atom is -0.347 e. The number of amides is 1. The zero-order valence-electron chi connectivity index (χ0n) is 15.0. The predicted molar refractivity (Wildman–Crippen MR) is 111 cm³/mol. The van der Waals surface area contributed by atoms with Gasteiger partial charge in [-0.25, -0.2) is 0 Å². The molecule has 27 heavy (non-hydrogen) atoms. The van der Waals surface area contributed by atoms with Crippen molar-refractivity contribution in [3.05, 3.63) is 75.0 Å². The summed E-state index contributed by atoms with van der Waals surface area (Å²) in [4.78, 5) is 25.6. The number of fused-ring (bicyclic) bond motifs is 1. The fourth-order valence-electron chi connectivity index (χ4n) is 2.97. The normalized spacial score (nSPS) is 12.1. The molecule has 0 saturated carbocycles. The number of nitrogens with zero attached hydrogens (tertiary/aromatic N) is 1. The Labute approximate surface area is 164 Å². The maximum atomic E-state index is 12.8. The van der Waals surface area contributed by atoms with Crippen molar-refractivity contribution in [2.75, 3.05) is 11.6 Å². The third-order valence-electron chi connectivity index (χ3n) is 4.18. The summed E-state index contributed by atoms with van der Waals surface area (Å²) in [5.41, 5.74) is 1.83. The molecule has 0 aliphatic carbocycles. The number of anilines is 1. The molecule has 0 unspecified atom stereocenters. The molecular weight excluding hydrogens is 384 g/mol. The first-order chi connectivity index (χ1) is 12.9. The van der Waals surface area contributed by atoms with E-state index in [1.165, 1.54) is 0 Å². The molecule has 3 aromatic rings. The minimum absolute atomic E-state index is 0.0519. The standard InChI is InChI=1S/C20H19ClN2O3S/c1-3-23-11-17(19(24)16-10-14(21)7-8-18(16)23)20(25)22-15-6-4-5-13(9-15)12-27(2)26/h4-11H,3,12H2,1-2H3,(H,22,25)/t27-/m1/s1. The highest BCUT2D eigenvalue weighted by atomic mass is 35.5. The lowest BCUT2D eigenvalue weighted by Gasteiger charge is -2.12. The van der Waals surface area contributed by atoms with Crippen LogP contribution in [0, 0.1) is 0 Å². The van der Waals surface area contributed by atoms with E-state index in [9.17, 15) is 13.8 Å². The first kappa shape index (κ1) is 19.3. The molecule has 0 saturated heterocycles. The van der Waals surface area contributed by atoms with E-state index in [1.54, 1.807) is 48.9 Å². The van der Waals surface area contributed by atoms with Crippen molar-refractivity contribution in [1.82, 2.24) is 4.57 Å². The largest absolute Gasteiger partial charge is 0.347 e. The van der Waals surface area contributed by atoms with Crippen LogP contribution in [0.5, 0.6) is 0 Å². The molecular formula is C20H19ClN2O3S. The van der Waals surface area contributed by atoms with E-state index < -0.39 is 16.7 Å². The molecule has 0 fully saturated rings. The number of pyridine rings is 1. The van der Waals surface area contributed by atoms with Gasteiger partial charge in [0.1, 0.15) is 5.56 Å². The lowest BCUT2D eigenvalue weighted by Crippen LogP contribution is -2.24. The van der Waals surface area contributed by atoms with Crippen molar-refractivity contribution in [2.45, 2.75) is 19.2 Å². The Morgan fingerprint density at radius 1 is 1.22 bits per heavy atom. The van der Waals surface area contributed by atoms with Gasteiger partial charge in [0.05, 0.1) is 5.52 Å². The molecule has 1 N–H and O–H groups in total. The molecule has 2 aromatic carbocycles. The number of rotatable bonds is 5. The summed E-state index contributed by atoms with van der Waals surface area (Å²) >= 11 is 6.03. The highest BCUT2D eigenvalue weighted by Crippen LogP contribution is 2.19. The van der Waals surface area contributed by atoms with Crippen molar-refractivity contribution in [3.63, 3.8) is 0 Å². The van der Waals surface area contributed by atoms with E-state index in [-0.39, 0.29) is 11.0 Å². The monoisotopic (exact) mass is 402 g/mol. The summed E-state index contributed by atoms with van der Waals surface area (Å²) in [6.07, 6.45) is 3.19. The maximum Gasteiger partial charge on any atom is 0.261 e. The fourth-order valence-corrected chi connectivity index (χ4v) is 3.79. The molecule has 0 spiro atoms. The van der Waals surface area contributed by atoms with Crippen LogP contribution in [-0.2, 0) is 23.1 Å². The van der Waals surface area contributed by atoms with Gasteiger partial charge in [-0.2, -0.15) is 0 Å².